The van der Waals surface area contributed by atoms with E-state index in [1.807, 2.05) is 0 Å². The summed E-state index contributed by atoms with van der Waals surface area (Å²) in [5.74, 6) is -0.173. The Morgan fingerprint density at radius 1 is 1.17 bits per heavy atom. The highest BCUT2D eigenvalue weighted by Crippen LogP contribution is 2.64. The van der Waals surface area contributed by atoms with Gasteiger partial charge in [-0.15, -0.1) is 11.6 Å². The van der Waals surface area contributed by atoms with Crippen molar-refractivity contribution in [2.24, 2.45) is 17.3 Å². The fourth-order valence-electron chi connectivity index (χ4n) is 5.84. The molecule has 0 aliphatic heterocycles. The van der Waals surface area contributed by atoms with Gasteiger partial charge in [0.15, 0.2) is 6.61 Å². The van der Waals surface area contributed by atoms with Gasteiger partial charge in [-0.05, 0) is 62.5 Å². The summed E-state index contributed by atoms with van der Waals surface area (Å²) in [5, 5.41) is 3.08. The number of halogens is 2. The van der Waals surface area contributed by atoms with Crippen LogP contribution in [-0.4, -0.2) is 47.8 Å². The van der Waals surface area contributed by atoms with E-state index in [9.17, 15) is 14.4 Å². The molecule has 4 fully saturated rings. The number of para-hydroxylation sites is 1. The zero-order valence-electron chi connectivity index (χ0n) is 17.0. The highest BCUT2D eigenvalue weighted by Gasteiger charge is 2.60. The minimum atomic E-state index is -0.549. The Morgan fingerprint density at radius 2 is 1.83 bits per heavy atom. The van der Waals surface area contributed by atoms with E-state index in [1.54, 1.807) is 24.3 Å². The molecular weight excluding hydrogens is 427 g/mol. The standard InChI is InChI=1S/C22H26Cl2N2O4/c1-26(11-18(27)25-17-5-3-2-4-16(17)23)19(28)12-30-20(29)21-7-14-6-15(8-21)10-22(24,9-14)13-21/h2-5,14-15H,6-13H2,1H3,(H,25,27)/t14-,15+,21?,22?. The summed E-state index contributed by atoms with van der Waals surface area (Å²) < 4.78 is 5.43. The van der Waals surface area contributed by atoms with Crippen LogP contribution in [-0.2, 0) is 19.1 Å². The first kappa shape index (κ1) is 21.4. The van der Waals surface area contributed by atoms with Gasteiger partial charge in [0.1, 0.15) is 0 Å². The molecule has 1 aromatic rings. The van der Waals surface area contributed by atoms with Crippen molar-refractivity contribution in [2.45, 2.75) is 43.4 Å². The second-order valence-electron chi connectivity index (χ2n) is 9.25. The van der Waals surface area contributed by atoms with Gasteiger partial charge in [0, 0.05) is 11.9 Å². The topological polar surface area (TPSA) is 75.7 Å². The zero-order valence-corrected chi connectivity index (χ0v) is 18.5. The van der Waals surface area contributed by atoms with Crippen molar-refractivity contribution in [1.82, 2.24) is 4.90 Å². The Bertz CT molecular complexity index is 860. The molecule has 0 heterocycles. The number of benzene rings is 1. The molecule has 8 heteroatoms. The van der Waals surface area contributed by atoms with Gasteiger partial charge in [0.25, 0.3) is 5.91 Å². The molecule has 30 heavy (non-hydrogen) atoms. The molecule has 2 amide bonds. The van der Waals surface area contributed by atoms with Crippen molar-refractivity contribution >= 4 is 46.7 Å². The molecule has 5 rings (SSSR count). The molecule has 0 spiro atoms. The number of amides is 2. The Kier molecular flexibility index (Phi) is 5.75. The number of nitrogens with one attached hydrogen (secondary N) is 1. The second kappa shape index (κ2) is 8.04. The summed E-state index contributed by atoms with van der Waals surface area (Å²) in [7, 11) is 1.50. The fourth-order valence-corrected chi connectivity index (χ4v) is 6.71. The van der Waals surface area contributed by atoms with Gasteiger partial charge in [-0.2, -0.15) is 0 Å². The molecule has 0 radical (unpaired) electrons. The molecule has 6 nitrogen and oxygen atoms in total. The largest absolute Gasteiger partial charge is 0.455 e. The average Bonchev–Trinajstić information content (AvgIpc) is 2.65. The van der Waals surface area contributed by atoms with Crippen LogP contribution in [0.2, 0.25) is 5.02 Å². The van der Waals surface area contributed by atoms with Crippen molar-refractivity contribution < 1.29 is 19.1 Å². The first-order chi connectivity index (χ1) is 14.2. The lowest BCUT2D eigenvalue weighted by Crippen LogP contribution is -2.56. The molecular formula is C22H26Cl2N2O4. The van der Waals surface area contributed by atoms with Crippen LogP contribution in [0.1, 0.15) is 38.5 Å². The Hall–Kier alpha value is -1.79. The molecule has 162 valence electrons. The van der Waals surface area contributed by atoms with E-state index >= 15 is 0 Å². The Labute approximate surface area is 186 Å². The van der Waals surface area contributed by atoms with E-state index in [0.717, 1.165) is 32.1 Å². The van der Waals surface area contributed by atoms with Gasteiger partial charge >= 0.3 is 5.97 Å². The first-order valence-corrected chi connectivity index (χ1v) is 11.1. The average molecular weight is 453 g/mol. The minimum absolute atomic E-state index is 0.165. The summed E-state index contributed by atoms with van der Waals surface area (Å²) in [6.07, 6.45) is 5.34. The maximum absolute atomic E-state index is 12.9. The summed E-state index contributed by atoms with van der Waals surface area (Å²) in [6, 6.07) is 6.86. The van der Waals surface area contributed by atoms with Crippen molar-refractivity contribution in [3.8, 4) is 0 Å². The Morgan fingerprint density at radius 3 is 2.47 bits per heavy atom. The number of ether oxygens (including phenoxy) is 1. The highest BCUT2D eigenvalue weighted by atomic mass is 35.5. The monoisotopic (exact) mass is 452 g/mol. The minimum Gasteiger partial charge on any atom is -0.455 e. The summed E-state index contributed by atoms with van der Waals surface area (Å²) in [4.78, 5) is 38.5. The van der Waals surface area contributed by atoms with Crippen molar-refractivity contribution in [3.05, 3.63) is 29.3 Å². The predicted octanol–water partition coefficient (Wildman–Crippen LogP) is 3.86. The number of alkyl halides is 1. The third kappa shape index (κ3) is 4.30. The molecule has 0 aromatic heterocycles. The molecule has 1 N–H and O–H groups in total. The van der Waals surface area contributed by atoms with E-state index in [4.69, 9.17) is 27.9 Å². The molecule has 4 aliphatic rings. The lowest BCUT2D eigenvalue weighted by atomic mass is 9.49. The summed E-state index contributed by atoms with van der Waals surface area (Å²) >= 11 is 12.8. The highest BCUT2D eigenvalue weighted by molar-refractivity contribution is 6.33. The van der Waals surface area contributed by atoms with E-state index in [0.29, 0.717) is 29.0 Å². The van der Waals surface area contributed by atoms with Crippen LogP contribution in [0.3, 0.4) is 0 Å². The normalized spacial score (nSPS) is 31.3. The van der Waals surface area contributed by atoms with Gasteiger partial charge in [-0.1, -0.05) is 23.7 Å². The van der Waals surface area contributed by atoms with E-state index in [-0.39, 0.29) is 29.9 Å². The van der Waals surface area contributed by atoms with Gasteiger partial charge in [0.2, 0.25) is 5.91 Å². The molecule has 4 bridgehead atoms. The van der Waals surface area contributed by atoms with E-state index in [2.05, 4.69) is 5.32 Å². The van der Waals surface area contributed by atoms with Crippen LogP contribution in [0.4, 0.5) is 5.69 Å². The molecule has 4 saturated carbocycles. The van der Waals surface area contributed by atoms with Crippen LogP contribution in [0.5, 0.6) is 0 Å². The van der Waals surface area contributed by atoms with Gasteiger partial charge in [0.05, 0.1) is 22.7 Å². The number of hydrogen-bond acceptors (Lipinski definition) is 4. The van der Waals surface area contributed by atoms with Crippen LogP contribution in [0.25, 0.3) is 0 Å². The van der Waals surface area contributed by atoms with Gasteiger partial charge in [-0.3, -0.25) is 14.4 Å². The zero-order chi connectivity index (χ0) is 21.5. The first-order valence-electron chi connectivity index (χ1n) is 10.3. The number of nitrogens with zero attached hydrogens (tertiary/aromatic N) is 1. The second-order valence-corrected chi connectivity index (χ2v) is 10.5. The fraction of sp³-hybridized carbons (Fsp3) is 0.591. The van der Waals surface area contributed by atoms with E-state index in [1.165, 1.54) is 11.9 Å². The van der Waals surface area contributed by atoms with Crippen molar-refractivity contribution in [2.75, 3.05) is 25.5 Å². The SMILES string of the molecule is CN(CC(=O)Nc1ccccc1Cl)C(=O)COC(=O)C12C[C@@H]3C[C@@H](CC(Cl)(C3)C1)C2. The van der Waals surface area contributed by atoms with Crippen molar-refractivity contribution in [1.29, 1.82) is 0 Å². The third-order valence-electron chi connectivity index (χ3n) is 6.70. The molecule has 4 atom stereocenters. The number of anilines is 1. The maximum Gasteiger partial charge on any atom is 0.312 e. The van der Waals surface area contributed by atoms with Crippen LogP contribution in [0, 0.1) is 17.3 Å². The molecule has 0 saturated heterocycles. The van der Waals surface area contributed by atoms with Crippen LogP contribution < -0.4 is 5.32 Å². The third-order valence-corrected chi connectivity index (χ3v) is 7.48. The molecule has 2 unspecified atom stereocenters. The maximum atomic E-state index is 12.9. The lowest BCUT2D eigenvalue weighted by molar-refractivity contribution is -0.173. The van der Waals surface area contributed by atoms with Crippen molar-refractivity contribution in [3.63, 3.8) is 0 Å². The number of esters is 1. The quantitative estimate of drug-likeness (QED) is 0.525. The molecule has 4 aliphatic carbocycles. The molecule has 1 aromatic carbocycles. The number of carbonyl (C=O) groups is 3. The number of carbonyl (C=O) groups excluding carboxylic acids is 3. The van der Waals surface area contributed by atoms with Crippen LogP contribution in [0.15, 0.2) is 24.3 Å². The van der Waals surface area contributed by atoms with E-state index < -0.39 is 11.3 Å². The van der Waals surface area contributed by atoms with Crippen LogP contribution >= 0.6 is 23.2 Å². The Balaban J connectivity index is 1.28. The predicted molar refractivity (Wildman–Crippen MR) is 114 cm³/mol. The number of rotatable bonds is 6. The summed E-state index contributed by atoms with van der Waals surface area (Å²) in [5.41, 5.74) is -0.0696. The van der Waals surface area contributed by atoms with Gasteiger partial charge in [-0.25, -0.2) is 0 Å². The lowest BCUT2D eigenvalue weighted by Gasteiger charge is -2.58. The van der Waals surface area contributed by atoms with Gasteiger partial charge < -0.3 is 15.0 Å². The number of likely N-dealkylation sites (N-methyl/N-ethyl adjacent to an activating group) is 1. The summed E-state index contributed by atoms with van der Waals surface area (Å²) in [6.45, 7) is -0.539. The number of hydrogen-bond donors (Lipinski definition) is 1. The smallest absolute Gasteiger partial charge is 0.312 e.